The fourth-order valence-corrected chi connectivity index (χ4v) is 4.89. The van der Waals surface area contributed by atoms with Gasteiger partial charge in [-0.05, 0) is 61.2 Å². The monoisotopic (exact) mass is 236 g/mol. The number of fused-ring (bicyclic) bond motifs is 1. The molecule has 98 valence electrons. The zero-order chi connectivity index (χ0) is 12.0. The van der Waals surface area contributed by atoms with E-state index >= 15 is 0 Å². The summed E-state index contributed by atoms with van der Waals surface area (Å²) in [7, 11) is 0. The number of hydrogen-bond acceptors (Lipinski definition) is 2. The lowest BCUT2D eigenvalue weighted by Crippen LogP contribution is -2.45. The molecule has 3 saturated carbocycles. The molecule has 3 aliphatic carbocycles. The molecule has 3 fully saturated rings. The molecular weight excluding hydrogens is 208 g/mol. The van der Waals surface area contributed by atoms with Crippen molar-refractivity contribution in [3.05, 3.63) is 0 Å². The van der Waals surface area contributed by atoms with Crippen LogP contribution in [0.15, 0.2) is 0 Å². The van der Waals surface area contributed by atoms with Gasteiger partial charge in [0.25, 0.3) is 0 Å². The molecule has 0 radical (unpaired) electrons. The van der Waals surface area contributed by atoms with Crippen molar-refractivity contribution in [1.29, 1.82) is 0 Å². The first kappa shape index (κ1) is 12.0. The van der Waals surface area contributed by atoms with Crippen LogP contribution < -0.4 is 11.3 Å². The Balaban J connectivity index is 1.62. The average Bonchev–Trinajstić information content (AvgIpc) is 2.79. The second kappa shape index (κ2) is 4.55. The third-order valence-corrected chi connectivity index (χ3v) is 6.23. The van der Waals surface area contributed by atoms with Crippen molar-refractivity contribution in [3.63, 3.8) is 0 Å². The first-order valence-electron chi connectivity index (χ1n) is 7.68. The Bertz CT molecular complexity index is 268. The second-order valence-electron chi connectivity index (χ2n) is 7.06. The summed E-state index contributed by atoms with van der Waals surface area (Å²) in [6.45, 7) is 4.84. The predicted octanol–water partition coefficient (Wildman–Crippen LogP) is 2.94. The van der Waals surface area contributed by atoms with E-state index in [9.17, 15) is 0 Å². The van der Waals surface area contributed by atoms with Crippen molar-refractivity contribution in [2.75, 3.05) is 0 Å². The van der Waals surface area contributed by atoms with Gasteiger partial charge in [0, 0.05) is 6.04 Å². The van der Waals surface area contributed by atoms with Crippen LogP contribution >= 0.6 is 0 Å². The van der Waals surface area contributed by atoms with Crippen LogP contribution in [0.2, 0.25) is 0 Å². The zero-order valence-corrected chi connectivity index (χ0v) is 11.4. The topological polar surface area (TPSA) is 38.0 Å². The van der Waals surface area contributed by atoms with Crippen LogP contribution in [0.3, 0.4) is 0 Å². The molecule has 2 nitrogen and oxygen atoms in total. The molecule has 0 aromatic rings. The Hall–Kier alpha value is -0.0800. The van der Waals surface area contributed by atoms with Crippen LogP contribution in [0.4, 0.5) is 0 Å². The van der Waals surface area contributed by atoms with Gasteiger partial charge in [-0.2, -0.15) is 0 Å². The third kappa shape index (κ3) is 2.04. The highest BCUT2D eigenvalue weighted by atomic mass is 15.2. The fraction of sp³-hybridized carbons (Fsp3) is 1.00. The van der Waals surface area contributed by atoms with Crippen LogP contribution in [0.5, 0.6) is 0 Å². The largest absolute Gasteiger partial charge is 0.271 e. The Morgan fingerprint density at radius 1 is 1.00 bits per heavy atom. The highest BCUT2D eigenvalue weighted by Gasteiger charge is 2.57. The van der Waals surface area contributed by atoms with Crippen molar-refractivity contribution in [3.8, 4) is 0 Å². The minimum absolute atomic E-state index is 0.625. The number of hydrazine groups is 1. The summed E-state index contributed by atoms with van der Waals surface area (Å²) >= 11 is 0. The van der Waals surface area contributed by atoms with Gasteiger partial charge in [-0.15, -0.1) is 0 Å². The van der Waals surface area contributed by atoms with Crippen molar-refractivity contribution in [1.82, 2.24) is 5.43 Å². The fourth-order valence-electron chi connectivity index (χ4n) is 4.89. The molecule has 3 N–H and O–H groups in total. The molecule has 0 bridgehead atoms. The van der Waals surface area contributed by atoms with Gasteiger partial charge < -0.3 is 0 Å². The SMILES string of the molecule is CC1CCC(C(NN)C2C3CCCC32)CC1C. The number of rotatable bonds is 3. The summed E-state index contributed by atoms with van der Waals surface area (Å²) in [5.74, 6) is 11.5. The van der Waals surface area contributed by atoms with E-state index in [1.165, 1.54) is 38.5 Å². The van der Waals surface area contributed by atoms with Gasteiger partial charge in [0.2, 0.25) is 0 Å². The van der Waals surface area contributed by atoms with Crippen LogP contribution in [0.1, 0.15) is 52.4 Å². The molecule has 0 heterocycles. The molecule has 3 aliphatic rings. The first-order chi connectivity index (χ1) is 8.22. The van der Waals surface area contributed by atoms with E-state index in [0.717, 1.165) is 35.5 Å². The number of nitrogens with one attached hydrogen (secondary N) is 1. The van der Waals surface area contributed by atoms with Gasteiger partial charge in [-0.1, -0.05) is 26.7 Å². The molecule has 0 aromatic carbocycles. The van der Waals surface area contributed by atoms with Crippen LogP contribution in [0.25, 0.3) is 0 Å². The average molecular weight is 236 g/mol. The molecule has 6 unspecified atom stereocenters. The van der Waals surface area contributed by atoms with Crippen molar-refractivity contribution >= 4 is 0 Å². The quantitative estimate of drug-likeness (QED) is 0.584. The maximum atomic E-state index is 5.88. The molecule has 0 aromatic heterocycles. The minimum atomic E-state index is 0.625. The second-order valence-corrected chi connectivity index (χ2v) is 7.06. The summed E-state index contributed by atoms with van der Waals surface area (Å²) in [6.07, 6.45) is 8.63. The summed E-state index contributed by atoms with van der Waals surface area (Å²) in [6, 6.07) is 0.625. The Morgan fingerprint density at radius 2 is 1.71 bits per heavy atom. The maximum absolute atomic E-state index is 5.88. The van der Waals surface area contributed by atoms with Crippen LogP contribution in [0, 0.1) is 35.5 Å². The molecule has 6 atom stereocenters. The van der Waals surface area contributed by atoms with Gasteiger partial charge in [-0.25, -0.2) is 0 Å². The number of nitrogens with two attached hydrogens (primary N) is 1. The molecule has 3 rings (SSSR count). The van der Waals surface area contributed by atoms with Crippen molar-refractivity contribution in [2.24, 2.45) is 41.4 Å². The van der Waals surface area contributed by atoms with Crippen molar-refractivity contribution in [2.45, 2.75) is 58.4 Å². The smallest absolute Gasteiger partial charge is 0.0272 e. The Labute approximate surface area is 106 Å². The van der Waals surface area contributed by atoms with Gasteiger partial charge in [0.15, 0.2) is 0 Å². The van der Waals surface area contributed by atoms with E-state index in [1.54, 1.807) is 0 Å². The first-order valence-corrected chi connectivity index (χ1v) is 7.68. The Morgan fingerprint density at radius 3 is 2.29 bits per heavy atom. The molecule has 17 heavy (non-hydrogen) atoms. The summed E-state index contributed by atoms with van der Waals surface area (Å²) in [4.78, 5) is 0. The normalized spacial score (nSPS) is 51.0. The van der Waals surface area contributed by atoms with E-state index in [4.69, 9.17) is 5.84 Å². The number of hydrogen-bond donors (Lipinski definition) is 2. The molecule has 0 spiro atoms. The summed E-state index contributed by atoms with van der Waals surface area (Å²) in [5, 5.41) is 0. The van der Waals surface area contributed by atoms with Gasteiger partial charge in [0.1, 0.15) is 0 Å². The minimum Gasteiger partial charge on any atom is -0.271 e. The lowest BCUT2D eigenvalue weighted by Gasteiger charge is -2.37. The van der Waals surface area contributed by atoms with Crippen LogP contribution in [-0.4, -0.2) is 6.04 Å². The summed E-state index contributed by atoms with van der Waals surface area (Å²) < 4.78 is 0. The molecule has 0 amide bonds. The lowest BCUT2D eigenvalue weighted by molar-refractivity contribution is 0.154. The van der Waals surface area contributed by atoms with Gasteiger partial charge in [-0.3, -0.25) is 11.3 Å². The maximum Gasteiger partial charge on any atom is 0.0272 e. The van der Waals surface area contributed by atoms with Gasteiger partial charge >= 0.3 is 0 Å². The third-order valence-electron chi connectivity index (χ3n) is 6.23. The summed E-state index contributed by atoms with van der Waals surface area (Å²) in [5.41, 5.74) is 3.20. The highest BCUT2D eigenvalue weighted by Crippen LogP contribution is 2.60. The van der Waals surface area contributed by atoms with E-state index < -0.39 is 0 Å². The van der Waals surface area contributed by atoms with E-state index in [0.29, 0.717) is 6.04 Å². The molecule has 2 heteroatoms. The standard InChI is InChI=1S/C15H28N2/c1-9-6-7-11(8-10(9)2)15(17-16)14-12-4-3-5-13(12)14/h9-15,17H,3-8,16H2,1-2H3. The Kier molecular flexibility index (Phi) is 3.20. The van der Waals surface area contributed by atoms with Crippen LogP contribution in [-0.2, 0) is 0 Å². The predicted molar refractivity (Wildman–Crippen MR) is 71.1 cm³/mol. The van der Waals surface area contributed by atoms with Gasteiger partial charge in [0.05, 0.1) is 0 Å². The van der Waals surface area contributed by atoms with E-state index in [-0.39, 0.29) is 0 Å². The van der Waals surface area contributed by atoms with E-state index in [1.807, 2.05) is 0 Å². The highest BCUT2D eigenvalue weighted by molar-refractivity contribution is 5.07. The molecular formula is C15H28N2. The lowest BCUT2D eigenvalue weighted by atomic mass is 9.72. The molecule has 0 aliphatic heterocycles. The van der Waals surface area contributed by atoms with Crippen molar-refractivity contribution < 1.29 is 0 Å². The zero-order valence-electron chi connectivity index (χ0n) is 11.4. The van der Waals surface area contributed by atoms with E-state index in [2.05, 4.69) is 19.3 Å². The molecule has 0 saturated heterocycles.